The summed E-state index contributed by atoms with van der Waals surface area (Å²) in [7, 11) is 0. The zero-order valence-corrected chi connectivity index (χ0v) is 25.3. The summed E-state index contributed by atoms with van der Waals surface area (Å²) in [5.74, 6) is 0. The molecule has 40 heavy (non-hydrogen) atoms. The monoisotopic (exact) mass is 602 g/mol. The number of nitrogens with two attached hydrogens (primary N) is 1. The van der Waals surface area contributed by atoms with Gasteiger partial charge in [-0.15, -0.1) is 0 Å². The van der Waals surface area contributed by atoms with E-state index in [1.807, 2.05) is 92.7 Å². The number of rotatable bonds is 10. The number of amides is 1. The molecule has 0 aliphatic carbocycles. The molecule has 0 saturated carbocycles. The average molecular weight is 604 g/mol. The van der Waals surface area contributed by atoms with Crippen LogP contribution in [0.4, 0.5) is 4.79 Å². The van der Waals surface area contributed by atoms with Crippen molar-refractivity contribution in [1.82, 2.24) is 5.32 Å². The maximum atomic E-state index is 11.7. The maximum Gasteiger partial charge on any atom is 0.407 e. The Morgan fingerprint density at radius 1 is 0.700 bits per heavy atom. The number of nitrogens with one attached hydrogen (secondary N) is 1. The second-order valence-corrected chi connectivity index (χ2v) is 10.3. The molecule has 2 atom stereocenters. The Balaban J connectivity index is 0.000000243. The van der Waals surface area contributed by atoms with Gasteiger partial charge in [-0.1, -0.05) is 137 Å². The predicted octanol–water partition coefficient (Wildman–Crippen LogP) is 8.83. The largest absolute Gasteiger partial charge is 0.450 e. The molecule has 2 unspecified atom stereocenters. The molecule has 0 saturated heterocycles. The fourth-order valence-electron chi connectivity index (χ4n) is 3.80. The summed E-state index contributed by atoms with van der Waals surface area (Å²) < 4.78 is 5.21. The van der Waals surface area contributed by atoms with Gasteiger partial charge >= 0.3 is 6.09 Å². The number of alkyl carbamates (subject to hydrolysis) is 1. The molecule has 4 aromatic carbocycles. The first-order valence-corrected chi connectivity index (χ1v) is 15.0. The number of halogens is 1. The first kappa shape index (κ1) is 32.8. The van der Waals surface area contributed by atoms with E-state index in [2.05, 4.69) is 63.7 Å². The molecule has 0 aliphatic heterocycles. The number of alkyl halides is 1. The lowest BCUT2D eigenvalue weighted by Crippen LogP contribution is -2.27. The van der Waals surface area contributed by atoms with Gasteiger partial charge < -0.3 is 15.8 Å². The quantitative estimate of drug-likeness (QED) is 0.141. The van der Waals surface area contributed by atoms with E-state index in [-0.39, 0.29) is 18.2 Å². The Morgan fingerprint density at radius 2 is 1.12 bits per heavy atom. The average Bonchev–Trinajstić information content (AvgIpc) is 3.01. The molecule has 0 aromatic heterocycles. The van der Waals surface area contributed by atoms with Gasteiger partial charge in [-0.2, -0.15) is 0 Å². The topological polar surface area (TPSA) is 64.3 Å². The highest BCUT2D eigenvalue weighted by Crippen LogP contribution is 2.11. The number of hydrogen-bond acceptors (Lipinski definition) is 3. The van der Waals surface area contributed by atoms with Crippen LogP contribution in [0.15, 0.2) is 121 Å². The molecule has 4 aromatic rings. The van der Waals surface area contributed by atoms with E-state index in [9.17, 15) is 4.79 Å². The van der Waals surface area contributed by atoms with Crippen molar-refractivity contribution in [2.45, 2.75) is 51.6 Å². The fraction of sp³-hybridized carbons (Fsp3) is 0.286. The Hall–Kier alpha value is -3.41. The van der Waals surface area contributed by atoms with Crippen LogP contribution in [0, 0.1) is 0 Å². The number of ether oxygens (including phenoxy) is 1. The summed E-state index contributed by atoms with van der Waals surface area (Å²) in [5.41, 5.74) is 10.6. The molecule has 1 amide bonds. The van der Waals surface area contributed by atoms with Crippen molar-refractivity contribution in [1.29, 1.82) is 0 Å². The predicted molar refractivity (Wildman–Crippen MR) is 172 cm³/mol. The fourth-order valence-corrected chi connectivity index (χ4v) is 4.08. The van der Waals surface area contributed by atoms with Crippen LogP contribution in [-0.2, 0) is 17.6 Å². The first-order chi connectivity index (χ1) is 19.5. The third-order valence-corrected chi connectivity index (χ3v) is 6.65. The highest BCUT2D eigenvalue weighted by Gasteiger charge is 2.09. The SMILES string of the molecule is BrCCCc1ccccc1.CC(N)c1ccccc1.CC(NC(=O)OCCCc1ccccc1)c1ccccc1. The van der Waals surface area contributed by atoms with Crippen LogP contribution in [0.2, 0.25) is 0 Å². The van der Waals surface area contributed by atoms with Crippen LogP contribution in [0.1, 0.15) is 61.0 Å². The number of aryl methyl sites for hydroxylation is 2. The van der Waals surface area contributed by atoms with E-state index in [4.69, 9.17) is 10.5 Å². The summed E-state index contributed by atoms with van der Waals surface area (Å²) in [5, 5.41) is 3.93. The number of benzene rings is 4. The molecule has 0 aliphatic rings. The molecule has 4 rings (SSSR count). The molecule has 5 heteroatoms. The van der Waals surface area contributed by atoms with Gasteiger partial charge in [-0.05, 0) is 61.8 Å². The summed E-state index contributed by atoms with van der Waals surface area (Å²) >= 11 is 3.41. The van der Waals surface area contributed by atoms with Crippen LogP contribution < -0.4 is 11.1 Å². The summed E-state index contributed by atoms with van der Waals surface area (Å²) in [6.45, 7) is 4.36. The molecular weight excluding hydrogens is 560 g/mol. The number of carbonyl (C=O) groups excluding carboxylic acids is 1. The van der Waals surface area contributed by atoms with Crippen LogP contribution in [0.25, 0.3) is 0 Å². The third kappa shape index (κ3) is 14.7. The molecule has 212 valence electrons. The van der Waals surface area contributed by atoms with Gasteiger partial charge in [0.2, 0.25) is 0 Å². The minimum atomic E-state index is -0.362. The van der Waals surface area contributed by atoms with Gasteiger partial charge in [0, 0.05) is 11.4 Å². The number of hydrogen-bond donors (Lipinski definition) is 2. The molecule has 0 heterocycles. The zero-order chi connectivity index (χ0) is 28.8. The van der Waals surface area contributed by atoms with Crippen molar-refractivity contribution < 1.29 is 9.53 Å². The van der Waals surface area contributed by atoms with E-state index in [0.29, 0.717) is 6.61 Å². The van der Waals surface area contributed by atoms with Crippen molar-refractivity contribution in [3.8, 4) is 0 Å². The van der Waals surface area contributed by atoms with Crippen molar-refractivity contribution in [2.75, 3.05) is 11.9 Å². The Labute approximate surface area is 249 Å². The minimum absolute atomic E-state index is 0.0483. The van der Waals surface area contributed by atoms with E-state index in [0.717, 1.165) is 23.7 Å². The van der Waals surface area contributed by atoms with Crippen LogP contribution in [0.3, 0.4) is 0 Å². The van der Waals surface area contributed by atoms with Crippen molar-refractivity contribution in [3.63, 3.8) is 0 Å². The smallest absolute Gasteiger partial charge is 0.407 e. The van der Waals surface area contributed by atoms with Gasteiger partial charge in [-0.3, -0.25) is 0 Å². The lowest BCUT2D eigenvalue weighted by Gasteiger charge is -2.14. The van der Waals surface area contributed by atoms with Crippen molar-refractivity contribution in [2.24, 2.45) is 5.73 Å². The lowest BCUT2D eigenvalue weighted by atomic mass is 10.1. The van der Waals surface area contributed by atoms with Gasteiger partial charge in [0.05, 0.1) is 12.6 Å². The maximum absolute atomic E-state index is 11.7. The van der Waals surface area contributed by atoms with Gasteiger partial charge in [0.1, 0.15) is 0 Å². The second kappa shape index (κ2) is 20.5. The van der Waals surface area contributed by atoms with E-state index < -0.39 is 0 Å². The second-order valence-electron chi connectivity index (χ2n) is 9.48. The Kier molecular flexibility index (Phi) is 16.8. The van der Waals surface area contributed by atoms with Crippen molar-refractivity contribution in [3.05, 3.63) is 144 Å². The molecule has 0 spiro atoms. The third-order valence-electron chi connectivity index (χ3n) is 6.09. The van der Waals surface area contributed by atoms with Gasteiger partial charge in [0.25, 0.3) is 0 Å². The van der Waals surface area contributed by atoms with Crippen LogP contribution in [0.5, 0.6) is 0 Å². The molecule has 3 N–H and O–H groups in total. The Morgan fingerprint density at radius 3 is 1.55 bits per heavy atom. The minimum Gasteiger partial charge on any atom is -0.450 e. The van der Waals surface area contributed by atoms with Crippen molar-refractivity contribution >= 4 is 22.0 Å². The van der Waals surface area contributed by atoms with E-state index in [1.165, 1.54) is 29.5 Å². The highest BCUT2D eigenvalue weighted by atomic mass is 79.9. The standard InChI is InChI=1S/C18H21NO2.C9H11Br.C8H11N/c1-15(17-12-6-3-7-13-17)19-18(20)21-14-8-11-16-9-4-2-5-10-16;10-8-4-7-9-5-2-1-3-6-9;1-7(9)8-5-3-2-4-6-8/h2-7,9-10,12-13,15H,8,11,14H2,1H3,(H,19,20);1-3,5-6H,4,7-8H2;2-7H,9H2,1H3. The van der Waals surface area contributed by atoms with Gasteiger partial charge in [0.15, 0.2) is 0 Å². The van der Waals surface area contributed by atoms with E-state index in [1.54, 1.807) is 0 Å². The summed E-state index contributed by atoms with van der Waals surface area (Å²) in [6.07, 6.45) is 3.80. The number of carbonyl (C=O) groups is 1. The normalized spacial score (nSPS) is 11.5. The summed E-state index contributed by atoms with van der Waals surface area (Å²) in [6, 6.07) is 40.8. The summed E-state index contributed by atoms with van der Waals surface area (Å²) in [4.78, 5) is 11.7. The Bertz CT molecular complexity index is 1160. The molecule has 0 radical (unpaired) electrons. The molecule has 0 bridgehead atoms. The van der Waals surface area contributed by atoms with Crippen LogP contribution in [-0.4, -0.2) is 18.0 Å². The first-order valence-electron chi connectivity index (χ1n) is 13.9. The van der Waals surface area contributed by atoms with Crippen LogP contribution >= 0.6 is 15.9 Å². The highest BCUT2D eigenvalue weighted by molar-refractivity contribution is 9.09. The van der Waals surface area contributed by atoms with E-state index >= 15 is 0 Å². The molecular formula is C35H43BrN2O2. The lowest BCUT2D eigenvalue weighted by molar-refractivity contribution is 0.141. The molecule has 4 nitrogen and oxygen atoms in total. The van der Waals surface area contributed by atoms with Gasteiger partial charge in [-0.25, -0.2) is 4.79 Å². The molecule has 0 fully saturated rings. The zero-order valence-electron chi connectivity index (χ0n) is 23.7.